The average molecular weight is 436 g/mol. The first-order chi connectivity index (χ1) is 15.4. The fourth-order valence-corrected chi connectivity index (χ4v) is 4.95. The van der Waals surface area contributed by atoms with Gasteiger partial charge in [0.1, 0.15) is 12.3 Å². The molecule has 0 atom stereocenters. The molecule has 1 N–H and O–H groups in total. The van der Waals surface area contributed by atoms with Gasteiger partial charge in [0.2, 0.25) is 0 Å². The SMILES string of the molecule is COc1ccccc1C(=O)NC[C@]1(c2ccccc2)CC[C@H](N2C(=O)CN(C)C2=O)CC1. The van der Waals surface area contributed by atoms with Crippen molar-refractivity contribution in [3.8, 4) is 5.75 Å². The van der Waals surface area contributed by atoms with Crippen LogP contribution >= 0.6 is 0 Å². The Labute approximate surface area is 188 Å². The van der Waals surface area contributed by atoms with Crippen molar-refractivity contribution in [2.45, 2.75) is 37.1 Å². The summed E-state index contributed by atoms with van der Waals surface area (Å²) in [7, 11) is 3.21. The van der Waals surface area contributed by atoms with E-state index in [9.17, 15) is 14.4 Å². The molecule has 7 nitrogen and oxygen atoms in total. The summed E-state index contributed by atoms with van der Waals surface area (Å²) in [6.07, 6.45) is 2.97. The van der Waals surface area contributed by atoms with Crippen LogP contribution in [0, 0.1) is 0 Å². The highest BCUT2D eigenvalue weighted by atomic mass is 16.5. The molecule has 0 unspecified atom stereocenters. The molecule has 1 aliphatic carbocycles. The smallest absolute Gasteiger partial charge is 0.327 e. The standard InChI is InChI=1S/C25H29N3O4/c1-27-16-22(29)28(24(27)31)19-12-14-25(15-13-19,18-8-4-3-5-9-18)17-26-23(30)20-10-6-7-11-21(20)32-2/h3-11,19H,12-17H2,1-2H3,(H,26,30)/t19-,25-. The highest BCUT2D eigenvalue weighted by molar-refractivity contribution is 6.02. The van der Waals surface area contributed by atoms with E-state index in [0.717, 1.165) is 18.4 Å². The number of methoxy groups -OCH3 is 1. The molecular formula is C25H29N3O4. The number of para-hydroxylation sites is 1. The third kappa shape index (κ3) is 4.07. The van der Waals surface area contributed by atoms with E-state index >= 15 is 0 Å². The van der Waals surface area contributed by atoms with E-state index in [1.54, 1.807) is 26.3 Å². The van der Waals surface area contributed by atoms with Gasteiger partial charge < -0.3 is 15.0 Å². The average Bonchev–Trinajstić information content (AvgIpc) is 3.09. The molecule has 1 saturated carbocycles. The van der Waals surface area contributed by atoms with Crippen LogP contribution in [0.5, 0.6) is 5.75 Å². The summed E-state index contributed by atoms with van der Waals surface area (Å²) in [6.45, 7) is 0.622. The lowest BCUT2D eigenvalue weighted by molar-refractivity contribution is -0.127. The van der Waals surface area contributed by atoms with Gasteiger partial charge in [0.25, 0.3) is 11.8 Å². The zero-order chi connectivity index (χ0) is 22.7. The maximum Gasteiger partial charge on any atom is 0.327 e. The number of imide groups is 1. The van der Waals surface area contributed by atoms with Crippen LogP contribution in [0.2, 0.25) is 0 Å². The molecule has 0 aromatic heterocycles. The Balaban J connectivity index is 1.52. The Kier molecular flexibility index (Phi) is 6.17. The minimum atomic E-state index is -0.257. The molecule has 0 radical (unpaired) electrons. The summed E-state index contributed by atoms with van der Waals surface area (Å²) in [5, 5.41) is 3.12. The molecule has 168 valence electrons. The second-order valence-corrected chi connectivity index (χ2v) is 8.66. The van der Waals surface area contributed by atoms with E-state index in [1.807, 2.05) is 30.3 Å². The predicted molar refractivity (Wildman–Crippen MR) is 121 cm³/mol. The minimum absolute atomic E-state index is 0.0956. The maximum absolute atomic E-state index is 12.9. The number of amides is 4. The van der Waals surface area contributed by atoms with Crippen LogP contribution in [-0.4, -0.2) is 60.9 Å². The summed E-state index contributed by atoms with van der Waals surface area (Å²) >= 11 is 0. The van der Waals surface area contributed by atoms with Crippen LogP contribution in [0.4, 0.5) is 4.79 Å². The first-order valence-corrected chi connectivity index (χ1v) is 11.0. The van der Waals surface area contributed by atoms with E-state index < -0.39 is 0 Å². The number of hydrogen-bond donors (Lipinski definition) is 1. The lowest BCUT2D eigenvalue weighted by Gasteiger charge is -2.42. The Morgan fingerprint density at radius 1 is 1.06 bits per heavy atom. The fraction of sp³-hybridized carbons (Fsp3) is 0.400. The van der Waals surface area contributed by atoms with Gasteiger partial charge in [-0.3, -0.25) is 14.5 Å². The third-order valence-electron chi connectivity index (χ3n) is 6.78. The van der Waals surface area contributed by atoms with Gasteiger partial charge in [-0.25, -0.2) is 4.79 Å². The van der Waals surface area contributed by atoms with E-state index in [2.05, 4.69) is 17.4 Å². The molecule has 1 heterocycles. The van der Waals surface area contributed by atoms with Crippen LogP contribution in [-0.2, 0) is 10.2 Å². The number of likely N-dealkylation sites (N-methyl/N-ethyl adjacent to an activating group) is 1. The number of ether oxygens (including phenoxy) is 1. The number of hydrogen-bond acceptors (Lipinski definition) is 4. The van der Waals surface area contributed by atoms with Gasteiger partial charge in [-0.05, 0) is 43.4 Å². The van der Waals surface area contributed by atoms with Crippen LogP contribution in [0.3, 0.4) is 0 Å². The minimum Gasteiger partial charge on any atom is -0.496 e. The second kappa shape index (κ2) is 9.02. The first kappa shape index (κ1) is 21.9. The summed E-state index contributed by atoms with van der Waals surface area (Å²) in [5.41, 5.74) is 1.41. The molecule has 2 aromatic rings. The molecule has 32 heavy (non-hydrogen) atoms. The second-order valence-electron chi connectivity index (χ2n) is 8.66. The van der Waals surface area contributed by atoms with Crippen LogP contribution < -0.4 is 10.1 Å². The molecule has 4 amide bonds. The van der Waals surface area contributed by atoms with Crippen molar-refractivity contribution in [1.29, 1.82) is 0 Å². The van der Waals surface area contributed by atoms with Crippen LogP contribution in [0.1, 0.15) is 41.6 Å². The van der Waals surface area contributed by atoms with E-state index in [0.29, 0.717) is 30.7 Å². The van der Waals surface area contributed by atoms with E-state index in [1.165, 1.54) is 9.80 Å². The summed E-state index contributed by atoms with van der Waals surface area (Å²) in [4.78, 5) is 40.6. The number of carbonyl (C=O) groups is 3. The van der Waals surface area contributed by atoms with E-state index in [4.69, 9.17) is 4.74 Å². The molecule has 7 heteroatoms. The third-order valence-corrected chi connectivity index (χ3v) is 6.78. The van der Waals surface area contributed by atoms with Gasteiger partial charge in [0.05, 0.1) is 12.7 Å². The molecular weight excluding hydrogens is 406 g/mol. The number of rotatable bonds is 6. The van der Waals surface area contributed by atoms with Crippen molar-refractivity contribution in [3.63, 3.8) is 0 Å². The number of carbonyl (C=O) groups excluding carboxylic acids is 3. The Bertz CT molecular complexity index is 999. The molecule has 2 fully saturated rings. The van der Waals surface area contributed by atoms with Crippen LogP contribution in [0.25, 0.3) is 0 Å². The highest BCUT2D eigenvalue weighted by Gasteiger charge is 2.44. The highest BCUT2D eigenvalue weighted by Crippen LogP contribution is 2.41. The zero-order valence-corrected chi connectivity index (χ0v) is 18.5. The largest absolute Gasteiger partial charge is 0.496 e. The lowest BCUT2D eigenvalue weighted by Crippen LogP contribution is -2.49. The fourth-order valence-electron chi connectivity index (χ4n) is 4.95. The van der Waals surface area contributed by atoms with Gasteiger partial charge in [-0.15, -0.1) is 0 Å². The van der Waals surface area contributed by atoms with Crippen molar-refractivity contribution in [2.24, 2.45) is 0 Å². The van der Waals surface area contributed by atoms with Crippen molar-refractivity contribution < 1.29 is 19.1 Å². The molecule has 1 saturated heterocycles. The van der Waals surface area contributed by atoms with Crippen LogP contribution in [0.15, 0.2) is 54.6 Å². The topological polar surface area (TPSA) is 79.0 Å². The van der Waals surface area contributed by atoms with Gasteiger partial charge in [-0.2, -0.15) is 0 Å². The van der Waals surface area contributed by atoms with Crippen molar-refractivity contribution in [1.82, 2.24) is 15.1 Å². The summed E-state index contributed by atoms with van der Waals surface area (Å²) < 4.78 is 5.33. The number of nitrogens with zero attached hydrogens (tertiary/aromatic N) is 2. The Morgan fingerprint density at radius 3 is 2.34 bits per heavy atom. The van der Waals surface area contributed by atoms with Crippen molar-refractivity contribution in [3.05, 3.63) is 65.7 Å². The maximum atomic E-state index is 12.9. The number of benzene rings is 2. The van der Waals surface area contributed by atoms with E-state index in [-0.39, 0.29) is 35.8 Å². The predicted octanol–water partition coefficient (Wildman–Crippen LogP) is 3.20. The Hall–Kier alpha value is -3.35. The molecule has 1 aliphatic heterocycles. The molecule has 2 aliphatic rings. The summed E-state index contributed by atoms with van der Waals surface area (Å²) in [6, 6.07) is 17.0. The van der Waals surface area contributed by atoms with Gasteiger partial charge in [0, 0.05) is 25.0 Å². The monoisotopic (exact) mass is 435 g/mol. The number of urea groups is 1. The molecule has 0 spiro atoms. The molecule has 4 rings (SSSR count). The normalized spacial score (nSPS) is 23.4. The first-order valence-electron chi connectivity index (χ1n) is 11.0. The van der Waals surface area contributed by atoms with Gasteiger partial charge in [0.15, 0.2) is 0 Å². The van der Waals surface area contributed by atoms with Crippen molar-refractivity contribution >= 4 is 17.8 Å². The molecule has 2 aromatic carbocycles. The lowest BCUT2D eigenvalue weighted by atomic mass is 9.68. The molecule has 0 bridgehead atoms. The number of nitrogens with one attached hydrogen (secondary N) is 1. The summed E-state index contributed by atoms with van der Waals surface area (Å²) in [5.74, 6) is 0.239. The van der Waals surface area contributed by atoms with Crippen molar-refractivity contribution in [2.75, 3.05) is 27.2 Å². The zero-order valence-electron chi connectivity index (χ0n) is 18.5. The quantitative estimate of drug-likeness (QED) is 0.707. The Morgan fingerprint density at radius 2 is 1.72 bits per heavy atom. The van der Waals surface area contributed by atoms with Gasteiger partial charge >= 0.3 is 6.03 Å². The van der Waals surface area contributed by atoms with Gasteiger partial charge in [-0.1, -0.05) is 42.5 Å².